The molecule has 0 radical (unpaired) electrons. The minimum atomic E-state index is -0.236. The van der Waals surface area contributed by atoms with E-state index in [9.17, 15) is 4.79 Å². The molecule has 3 heterocycles. The Hall–Kier alpha value is -1.85. The van der Waals surface area contributed by atoms with Crippen LogP contribution in [-0.4, -0.2) is 54.1 Å². The van der Waals surface area contributed by atoms with Gasteiger partial charge in [0.2, 0.25) is 17.7 Å². The van der Waals surface area contributed by atoms with E-state index in [1.165, 1.54) is 0 Å². The van der Waals surface area contributed by atoms with Crippen molar-refractivity contribution in [2.24, 2.45) is 5.41 Å². The molecule has 6 heteroatoms. The van der Waals surface area contributed by atoms with E-state index in [0.29, 0.717) is 17.7 Å². The van der Waals surface area contributed by atoms with Crippen LogP contribution in [0.15, 0.2) is 12.3 Å². The number of aromatic nitrogens is 2. The highest BCUT2D eigenvalue weighted by Gasteiger charge is 2.48. The van der Waals surface area contributed by atoms with Crippen molar-refractivity contribution in [2.45, 2.75) is 32.6 Å². The minimum absolute atomic E-state index is 0.236. The molecule has 0 saturated carbocycles. The molecule has 0 bridgehead atoms. The second-order valence-electron chi connectivity index (χ2n) is 6.25. The third kappa shape index (κ3) is 2.62. The Bertz CT molecular complexity index is 549. The normalized spacial score (nSPS) is 25.1. The van der Waals surface area contributed by atoms with Crippen molar-refractivity contribution in [1.82, 2.24) is 14.9 Å². The summed E-state index contributed by atoms with van der Waals surface area (Å²) in [4.78, 5) is 25.8. The third-order valence-corrected chi connectivity index (χ3v) is 4.78. The number of piperidine rings is 1. The molecule has 1 aromatic rings. The lowest BCUT2D eigenvalue weighted by Gasteiger charge is -2.39. The van der Waals surface area contributed by atoms with E-state index < -0.39 is 0 Å². The molecule has 0 unspecified atom stereocenters. The topological polar surface area (TPSA) is 58.6 Å². The van der Waals surface area contributed by atoms with Crippen molar-refractivity contribution < 1.29 is 9.53 Å². The van der Waals surface area contributed by atoms with Crippen LogP contribution in [0.1, 0.15) is 32.6 Å². The van der Waals surface area contributed by atoms with Gasteiger partial charge in [-0.05, 0) is 25.7 Å². The Labute approximate surface area is 131 Å². The maximum Gasteiger partial charge on any atom is 0.230 e. The van der Waals surface area contributed by atoms with Crippen LogP contribution in [0.2, 0.25) is 0 Å². The summed E-state index contributed by atoms with van der Waals surface area (Å²) in [7, 11) is 1.60. The minimum Gasteiger partial charge on any atom is -0.481 e. The average Bonchev–Trinajstić information content (AvgIpc) is 2.97. The summed E-state index contributed by atoms with van der Waals surface area (Å²) >= 11 is 0. The summed E-state index contributed by atoms with van der Waals surface area (Å²) in [5.41, 5.74) is -0.236. The number of nitrogens with zero attached hydrogens (tertiary/aromatic N) is 4. The number of hydrogen-bond donors (Lipinski definition) is 0. The Morgan fingerprint density at radius 3 is 3.00 bits per heavy atom. The zero-order valence-corrected chi connectivity index (χ0v) is 13.4. The first-order valence-electron chi connectivity index (χ1n) is 8.10. The number of hydrogen-bond acceptors (Lipinski definition) is 5. The van der Waals surface area contributed by atoms with Crippen molar-refractivity contribution in [2.75, 3.05) is 38.2 Å². The van der Waals surface area contributed by atoms with E-state index in [2.05, 4.69) is 21.8 Å². The second kappa shape index (κ2) is 6.10. The van der Waals surface area contributed by atoms with Gasteiger partial charge in [0, 0.05) is 38.4 Å². The van der Waals surface area contributed by atoms with Crippen LogP contribution in [0.25, 0.3) is 0 Å². The van der Waals surface area contributed by atoms with E-state index in [-0.39, 0.29) is 5.41 Å². The standard InChI is InChI=1S/C16H24N4O2/c1-3-9-19-10-4-6-16(14(19)21)7-11-20(12-16)15-17-8-5-13(18-15)22-2/h5,8H,3-4,6-7,9-12H2,1-2H3/t16-/m1/s1. The number of likely N-dealkylation sites (tertiary alicyclic amines) is 1. The van der Waals surface area contributed by atoms with Gasteiger partial charge in [-0.3, -0.25) is 4.79 Å². The molecular weight excluding hydrogens is 280 g/mol. The average molecular weight is 304 g/mol. The van der Waals surface area contributed by atoms with Gasteiger partial charge in [-0.2, -0.15) is 4.98 Å². The van der Waals surface area contributed by atoms with Gasteiger partial charge in [0.25, 0.3) is 0 Å². The Balaban J connectivity index is 1.76. The Kier molecular flexibility index (Phi) is 4.18. The number of amides is 1. The number of carbonyl (C=O) groups excluding carboxylic acids is 1. The largest absolute Gasteiger partial charge is 0.481 e. The lowest BCUT2D eigenvalue weighted by molar-refractivity contribution is -0.145. The Morgan fingerprint density at radius 1 is 1.36 bits per heavy atom. The highest BCUT2D eigenvalue weighted by molar-refractivity contribution is 5.85. The van der Waals surface area contributed by atoms with Crippen LogP contribution >= 0.6 is 0 Å². The first-order valence-corrected chi connectivity index (χ1v) is 8.10. The van der Waals surface area contributed by atoms with Gasteiger partial charge in [0.05, 0.1) is 12.5 Å². The predicted molar refractivity (Wildman–Crippen MR) is 84.0 cm³/mol. The van der Waals surface area contributed by atoms with Gasteiger partial charge in [0.15, 0.2) is 0 Å². The number of anilines is 1. The van der Waals surface area contributed by atoms with Crippen molar-refractivity contribution in [3.05, 3.63) is 12.3 Å². The lowest BCUT2D eigenvalue weighted by Crippen LogP contribution is -2.50. The molecule has 2 aliphatic heterocycles. The van der Waals surface area contributed by atoms with Crippen LogP contribution < -0.4 is 9.64 Å². The van der Waals surface area contributed by atoms with E-state index >= 15 is 0 Å². The summed E-state index contributed by atoms with van der Waals surface area (Å²) < 4.78 is 5.17. The third-order valence-electron chi connectivity index (χ3n) is 4.78. The lowest BCUT2D eigenvalue weighted by atomic mass is 9.78. The van der Waals surface area contributed by atoms with Crippen molar-refractivity contribution in [1.29, 1.82) is 0 Å². The van der Waals surface area contributed by atoms with Gasteiger partial charge in [-0.25, -0.2) is 4.98 Å². The molecule has 3 rings (SSSR count). The SMILES string of the molecule is CCCN1CCC[C@]2(CCN(c3nccc(OC)n3)C2)C1=O. The van der Waals surface area contributed by atoms with Crippen LogP contribution in [0, 0.1) is 5.41 Å². The summed E-state index contributed by atoms with van der Waals surface area (Å²) in [6.45, 7) is 5.46. The molecule has 2 aliphatic rings. The number of carbonyl (C=O) groups is 1. The molecule has 0 N–H and O–H groups in total. The molecule has 0 aromatic carbocycles. The van der Waals surface area contributed by atoms with E-state index in [1.807, 2.05) is 4.90 Å². The molecule has 1 aromatic heterocycles. The molecular formula is C16H24N4O2. The predicted octanol–water partition coefficient (Wildman–Crippen LogP) is 1.71. The highest BCUT2D eigenvalue weighted by atomic mass is 16.5. The maximum absolute atomic E-state index is 12.9. The van der Waals surface area contributed by atoms with Crippen LogP contribution in [0.4, 0.5) is 5.95 Å². The summed E-state index contributed by atoms with van der Waals surface area (Å²) in [5.74, 6) is 1.55. The number of rotatable bonds is 4. The van der Waals surface area contributed by atoms with Crippen LogP contribution in [0.3, 0.4) is 0 Å². The molecule has 22 heavy (non-hydrogen) atoms. The molecule has 120 valence electrons. The van der Waals surface area contributed by atoms with E-state index in [0.717, 1.165) is 51.9 Å². The van der Waals surface area contributed by atoms with Gasteiger partial charge >= 0.3 is 0 Å². The summed E-state index contributed by atoms with van der Waals surface area (Å²) in [6, 6.07) is 1.74. The van der Waals surface area contributed by atoms with Crippen molar-refractivity contribution in [3.8, 4) is 5.88 Å². The zero-order chi connectivity index (χ0) is 15.6. The molecule has 0 aliphatic carbocycles. The van der Waals surface area contributed by atoms with Gasteiger partial charge in [-0.1, -0.05) is 6.92 Å². The van der Waals surface area contributed by atoms with Gasteiger partial charge in [-0.15, -0.1) is 0 Å². The summed E-state index contributed by atoms with van der Waals surface area (Å²) in [6.07, 6.45) is 5.69. The monoisotopic (exact) mass is 304 g/mol. The van der Waals surface area contributed by atoms with Crippen molar-refractivity contribution >= 4 is 11.9 Å². The molecule has 2 fully saturated rings. The van der Waals surface area contributed by atoms with Gasteiger partial charge < -0.3 is 14.5 Å². The molecule has 2 saturated heterocycles. The Morgan fingerprint density at radius 2 is 2.23 bits per heavy atom. The molecule has 1 spiro atoms. The number of methoxy groups -OCH3 is 1. The smallest absolute Gasteiger partial charge is 0.230 e. The zero-order valence-electron chi connectivity index (χ0n) is 13.4. The van der Waals surface area contributed by atoms with Gasteiger partial charge in [0.1, 0.15) is 0 Å². The fourth-order valence-electron chi connectivity index (χ4n) is 3.66. The van der Waals surface area contributed by atoms with Crippen LogP contribution in [0.5, 0.6) is 5.88 Å². The fraction of sp³-hybridized carbons (Fsp3) is 0.688. The quantitative estimate of drug-likeness (QED) is 0.847. The van der Waals surface area contributed by atoms with Crippen molar-refractivity contribution in [3.63, 3.8) is 0 Å². The van der Waals surface area contributed by atoms with E-state index in [4.69, 9.17) is 4.74 Å². The fourth-order valence-corrected chi connectivity index (χ4v) is 3.66. The molecule has 1 atom stereocenters. The number of ether oxygens (including phenoxy) is 1. The summed E-state index contributed by atoms with van der Waals surface area (Å²) in [5, 5.41) is 0. The maximum atomic E-state index is 12.9. The second-order valence-corrected chi connectivity index (χ2v) is 6.25. The van der Waals surface area contributed by atoms with E-state index in [1.54, 1.807) is 19.4 Å². The first kappa shape index (κ1) is 15.1. The molecule has 6 nitrogen and oxygen atoms in total. The van der Waals surface area contributed by atoms with Crippen LogP contribution in [-0.2, 0) is 4.79 Å². The first-order chi connectivity index (χ1) is 10.7. The highest BCUT2D eigenvalue weighted by Crippen LogP contribution is 2.41. The molecule has 1 amide bonds.